The van der Waals surface area contributed by atoms with Crippen LogP contribution in [0.4, 0.5) is 16.2 Å². The molecular formula is C24H33N3O5S3. The fraction of sp³-hybridized carbons (Fsp3) is 0.458. The molecule has 0 saturated heterocycles. The van der Waals surface area contributed by atoms with Crippen molar-refractivity contribution in [1.82, 2.24) is 4.72 Å². The summed E-state index contributed by atoms with van der Waals surface area (Å²) in [5.41, 5.74) is 0.153. The van der Waals surface area contributed by atoms with Gasteiger partial charge < -0.3 is 9.47 Å². The van der Waals surface area contributed by atoms with Crippen molar-refractivity contribution >= 4 is 51.2 Å². The molecule has 1 aliphatic carbocycles. The molecule has 4 rings (SSSR count). The van der Waals surface area contributed by atoms with E-state index in [0.717, 1.165) is 10.1 Å². The molecule has 0 bridgehead atoms. The average molecular weight is 540 g/mol. The average Bonchev–Trinajstić information content (AvgIpc) is 3.62. The molecule has 2 N–H and O–H groups in total. The molecule has 1 fully saturated rings. The van der Waals surface area contributed by atoms with Gasteiger partial charge in [-0.25, -0.2) is 13.2 Å². The second kappa shape index (κ2) is 11.8. The second-order valence-electron chi connectivity index (χ2n) is 8.94. The summed E-state index contributed by atoms with van der Waals surface area (Å²) in [5.74, 6) is 0.440. The smallest absolute Gasteiger partial charge is 0.412 e. The van der Waals surface area contributed by atoms with Gasteiger partial charge in [0.05, 0.1) is 17.1 Å². The summed E-state index contributed by atoms with van der Waals surface area (Å²) < 4.78 is 41.8. The molecule has 0 spiro atoms. The number of ether oxygens (including phenoxy) is 2. The lowest BCUT2D eigenvalue weighted by Gasteiger charge is -2.31. The monoisotopic (exact) mass is 539 g/mol. The summed E-state index contributed by atoms with van der Waals surface area (Å²) in [5, 5.41) is 3.59. The van der Waals surface area contributed by atoms with Crippen molar-refractivity contribution in [3.63, 3.8) is 0 Å². The number of hydrogen-bond acceptors (Lipinski definition) is 8. The number of nitrogens with zero attached hydrogens (tertiary/aromatic N) is 1. The van der Waals surface area contributed by atoms with E-state index in [-0.39, 0.29) is 18.0 Å². The van der Waals surface area contributed by atoms with Crippen LogP contribution in [-0.2, 0) is 14.8 Å². The van der Waals surface area contributed by atoms with Crippen LogP contribution in [0.2, 0.25) is 0 Å². The van der Waals surface area contributed by atoms with Crippen LogP contribution in [0.3, 0.4) is 0 Å². The van der Waals surface area contributed by atoms with Gasteiger partial charge >= 0.3 is 6.09 Å². The van der Waals surface area contributed by atoms with Crippen molar-refractivity contribution in [1.29, 1.82) is 0 Å². The molecule has 2 aromatic rings. The number of carbonyl (C=O) groups excluding carboxylic acids is 1. The van der Waals surface area contributed by atoms with Gasteiger partial charge in [-0.1, -0.05) is 18.0 Å². The number of anilines is 2. The molecule has 11 heteroatoms. The third-order valence-corrected chi connectivity index (χ3v) is 8.44. The van der Waals surface area contributed by atoms with E-state index in [4.69, 9.17) is 9.47 Å². The van der Waals surface area contributed by atoms with E-state index in [0.29, 0.717) is 17.1 Å². The molecule has 192 valence electrons. The van der Waals surface area contributed by atoms with Crippen molar-refractivity contribution in [2.75, 3.05) is 36.1 Å². The topological polar surface area (TPSA) is 97.0 Å². The summed E-state index contributed by atoms with van der Waals surface area (Å²) in [6, 6.07) is 11.7. The molecule has 2 aromatic carbocycles. The summed E-state index contributed by atoms with van der Waals surface area (Å²) in [4.78, 5) is 13.1. The van der Waals surface area contributed by atoms with Gasteiger partial charge in [-0.2, -0.15) is 0 Å². The van der Waals surface area contributed by atoms with Gasteiger partial charge in [-0.05, 0) is 83.3 Å². The Kier molecular flexibility index (Phi) is 9.25. The van der Waals surface area contributed by atoms with Gasteiger partial charge in [0, 0.05) is 15.8 Å². The van der Waals surface area contributed by atoms with Crippen LogP contribution < -0.4 is 19.1 Å². The Hall–Kier alpha value is -2.08. The molecule has 1 amide bonds. The van der Waals surface area contributed by atoms with Crippen LogP contribution in [0.25, 0.3) is 0 Å². The number of fused-ring (bicyclic) bond motifs is 1. The normalized spacial score (nSPS) is 15.3. The Morgan fingerprint density at radius 3 is 2.51 bits per heavy atom. The number of sulfonamides is 1. The standard InChI is InChI=1S/C20H24N2O5S2.C4H9NS/c1-20(2,3)27-19(23)21-14-8-9-18-17(12-14)22(10-11-26-18)29(24,25)16-7-5-6-15(13-16)28-4;1-5-6-4-2-3-4/h5-9,12-13H,10-11H2,1-4H3,(H,21,23);4-5H,2-3H2,1H3. The quantitative estimate of drug-likeness (QED) is 0.374. The maximum Gasteiger partial charge on any atom is 0.412 e. The number of nitrogens with one attached hydrogen (secondary N) is 2. The Balaban J connectivity index is 0.000000497. The molecule has 8 nitrogen and oxygen atoms in total. The number of hydrogen-bond donors (Lipinski definition) is 2. The van der Waals surface area contributed by atoms with Gasteiger partial charge in [0.1, 0.15) is 18.0 Å². The van der Waals surface area contributed by atoms with Crippen LogP contribution in [0.1, 0.15) is 33.6 Å². The van der Waals surface area contributed by atoms with Crippen molar-refractivity contribution in [2.45, 2.75) is 54.3 Å². The number of rotatable bonds is 6. The lowest BCUT2D eigenvalue weighted by Crippen LogP contribution is -2.38. The van der Waals surface area contributed by atoms with Gasteiger partial charge in [0.2, 0.25) is 0 Å². The van der Waals surface area contributed by atoms with Crippen LogP contribution in [0, 0.1) is 0 Å². The number of carbonyl (C=O) groups is 1. The van der Waals surface area contributed by atoms with E-state index in [1.165, 1.54) is 28.9 Å². The highest BCUT2D eigenvalue weighted by Crippen LogP contribution is 2.38. The SMILES string of the molecule is CNSC1CC1.CSc1cccc(S(=O)(=O)N2CCOc3ccc(NC(=O)OC(C)(C)C)cc32)c1. The largest absolute Gasteiger partial charge is 0.489 e. The third-order valence-electron chi connectivity index (χ3n) is 4.86. The van der Waals surface area contributed by atoms with Gasteiger partial charge in [0.15, 0.2) is 0 Å². The Morgan fingerprint density at radius 2 is 1.91 bits per heavy atom. The highest BCUT2D eigenvalue weighted by molar-refractivity contribution is 7.98. The van der Waals surface area contributed by atoms with E-state index in [1.54, 1.807) is 57.2 Å². The summed E-state index contributed by atoms with van der Waals surface area (Å²) >= 11 is 3.32. The molecule has 0 aromatic heterocycles. The third kappa shape index (κ3) is 7.96. The molecular weight excluding hydrogens is 506 g/mol. The van der Waals surface area contributed by atoms with Crippen molar-refractivity contribution in [3.05, 3.63) is 42.5 Å². The minimum atomic E-state index is -3.79. The van der Waals surface area contributed by atoms with Crippen molar-refractivity contribution in [3.8, 4) is 5.75 Å². The number of amides is 1. The molecule has 0 radical (unpaired) electrons. The maximum absolute atomic E-state index is 13.3. The minimum absolute atomic E-state index is 0.175. The zero-order chi connectivity index (χ0) is 25.6. The number of thioether (sulfide) groups is 1. The molecule has 1 saturated carbocycles. The Labute approximate surface area is 216 Å². The van der Waals surface area contributed by atoms with Gasteiger partial charge in [-0.3, -0.25) is 14.3 Å². The Bertz CT molecular complexity index is 1130. The van der Waals surface area contributed by atoms with E-state index in [1.807, 2.05) is 31.3 Å². The minimum Gasteiger partial charge on any atom is -0.489 e. The van der Waals surface area contributed by atoms with E-state index < -0.39 is 21.7 Å². The molecule has 1 heterocycles. The molecule has 35 heavy (non-hydrogen) atoms. The van der Waals surface area contributed by atoms with E-state index in [9.17, 15) is 13.2 Å². The maximum atomic E-state index is 13.3. The summed E-state index contributed by atoms with van der Waals surface area (Å²) in [6.07, 6.45) is 4.12. The van der Waals surface area contributed by atoms with Crippen LogP contribution in [0.5, 0.6) is 5.75 Å². The van der Waals surface area contributed by atoms with E-state index in [2.05, 4.69) is 10.0 Å². The molecule has 0 atom stereocenters. The summed E-state index contributed by atoms with van der Waals surface area (Å²) in [6.45, 7) is 5.72. The van der Waals surface area contributed by atoms with Gasteiger partial charge in [0.25, 0.3) is 10.0 Å². The van der Waals surface area contributed by atoms with E-state index >= 15 is 0 Å². The van der Waals surface area contributed by atoms with Gasteiger partial charge in [-0.15, -0.1) is 11.8 Å². The van der Waals surface area contributed by atoms with Crippen molar-refractivity contribution < 1.29 is 22.7 Å². The lowest BCUT2D eigenvalue weighted by atomic mass is 10.2. The predicted molar refractivity (Wildman–Crippen MR) is 144 cm³/mol. The first kappa shape index (κ1) is 27.5. The zero-order valence-corrected chi connectivity index (χ0v) is 23.1. The molecule has 1 aliphatic heterocycles. The predicted octanol–water partition coefficient (Wildman–Crippen LogP) is 5.36. The van der Waals surface area contributed by atoms with Crippen LogP contribution in [0.15, 0.2) is 52.3 Å². The highest BCUT2D eigenvalue weighted by Gasteiger charge is 2.31. The zero-order valence-electron chi connectivity index (χ0n) is 20.7. The lowest BCUT2D eigenvalue weighted by molar-refractivity contribution is 0.0636. The fourth-order valence-electron chi connectivity index (χ4n) is 3.18. The fourth-order valence-corrected chi connectivity index (χ4v) is 5.92. The first-order chi connectivity index (χ1) is 16.5. The molecule has 2 aliphatic rings. The van der Waals surface area contributed by atoms with Crippen LogP contribution in [-0.4, -0.2) is 51.8 Å². The first-order valence-electron chi connectivity index (χ1n) is 11.3. The molecule has 0 unspecified atom stereocenters. The highest BCUT2D eigenvalue weighted by atomic mass is 32.2. The van der Waals surface area contributed by atoms with Crippen LogP contribution >= 0.6 is 23.7 Å². The number of benzene rings is 2. The van der Waals surface area contributed by atoms with Crippen molar-refractivity contribution in [2.24, 2.45) is 0 Å². The second-order valence-corrected chi connectivity index (χ2v) is 13.0. The summed E-state index contributed by atoms with van der Waals surface area (Å²) in [7, 11) is -1.81. The first-order valence-corrected chi connectivity index (χ1v) is 14.8. The Morgan fingerprint density at radius 1 is 1.17 bits per heavy atom.